The molecule has 1 rings (SSSR count). The largest absolute Gasteiger partial charge is 0.413 e. The second-order valence-corrected chi connectivity index (χ2v) is 2.88. The van der Waals surface area contributed by atoms with Crippen molar-refractivity contribution in [2.24, 2.45) is 0 Å². The van der Waals surface area contributed by atoms with Gasteiger partial charge in [-0.15, -0.1) is 0 Å². The fourth-order valence-corrected chi connectivity index (χ4v) is 1.08. The van der Waals surface area contributed by atoms with Crippen molar-refractivity contribution >= 4 is 17.7 Å². The third-order valence-corrected chi connectivity index (χ3v) is 1.69. The van der Waals surface area contributed by atoms with Crippen molar-refractivity contribution in [3.8, 4) is 5.75 Å². The first-order valence-electron chi connectivity index (χ1n) is 3.46. The van der Waals surface area contributed by atoms with Crippen LogP contribution in [0.2, 0.25) is 0 Å². The fraction of sp³-hybridized carbons (Fsp3) is 0.143. The molecule has 0 aromatic heterocycles. The van der Waals surface area contributed by atoms with Crippen LogP contribution in [0.4, 0.5) is 14.5 Å². The molecule has 0 bridgehead atoms. The highest BCUT2D eigenvalue weighted by Gasteiger charge is 2.16. The van der Waals surface area contributed by atoms with Gasteiger partial charge in [-0.25, -0.2) is 0 Å². The Morgan fingerprint density at radius 3 is 2.64 bits per heavy atom. The normalized spacial score (nSPS) is 10.2. The molecular weight excluding hydrogens is 216 g/mol. The lowest BCUT2D eigenvalue weighted by Gasteiger charge is -2.02. The summed E-state index contributed by atoms with van der Waals surface area (Å²) in [5.41, 5.74) is -0.333. The molecule has 0 fully saturated rings. The van der Waals surface area contributed by atoms with E-state index in [0.717, 1.165) is 0 Å². The Balaban J connectivity index is 2.79. The summed E-state index contributed by atoms with van der Waals surface area (Å²) in [5, 5.41) is 10.4. The summed E-state index contributed by atoms with van der Waals surface area (Å²) in [4.78, 5) is 9.70. The van der Waals surface area contributed by atoms with Gasteiger partial charge in [0.25, 0.3) is 0 Å². The summed E-state index contributed by atoms with van der Waals surface area (Å²) >= 11 is -0.122. The molecule has 0 radical (unpaired) electrons. The van der Waals surface area contributed by atoms with E-state index >= 15 is 0 Å². The third kappa shape index (κ3) is 2.84. The van der Waals surface area contributed by atoms with Crippen molar-refractivity contribution in [2.75, 3.05) is 0 Å². The van der Waals surface area contributed by atoms with Crippen LogP contribution in [0.1, 0.15) is 0 Å². The first kappa shape index (κ1) is 10.7. The quantitative estimate of drug-likeness (QED) is 0.445. The summed E-state index contributed by atoms with van der Waals surface area (Å²) in [6.45, 7) is 0. The number of nitro groups is 1. The standard InChI is InChI=1S/C7H5F2NO3S/c8-7(9)14-13-6-4-2-1-3-5(6)10(11)12/h1-4,7H. The van der Waals surface area contributed by atoms with Gasteiger partial charge in [-0.05, 0) is 6.07 Å². The minimum absolute atomic E-state index is 0.122. The molecule has 0 amide bonds. The molecular formula is C7H5F2NO3S. The minimum Gasteiger partial charge on any atom is -0.413 e. The van der Waals surface area contributed by atoms with E-state index in [0.29, 0.717) is 0 Å². The lowest BCUT2D eigenvalue weighted by atomic mass is 10.3. The lowest BCUT2D eigenvalue weighted by molar-refractivity contribution is -0.385. The van der Waals surface area contributed by atoms with E-state index in [4.69, 9.17) is 0 Å². The van der Waals surface area contributed by atoms with Crippen LogP contribution < -0.4 is 4.18 Å². The van der Waals surface area contributed by atoms with Gasteiger partial charge >= 0.3 is 11.4 Å². The van der Waals surface area contributed by atoms with Crippen LogP contribution in [-0.4, -0.2) is 10.7 Å². The Labute approximate surface area is 82.2 Å². The second-order valence-electron chi connectivity index (χ2n) is 2.17. The zero-order valence-corrected chi connectivity index (χ0v) is 7.54. The molecule has 0 atom stereocenters. The predicted octanol–water partition coefficient (Wildman–Crippen LogP) is 2.84. The number of alkyl halides is 2. The Kier molecular flexibility index (Phi) is 3.63. The van der Waals surface area contributed by atoms with Crippen LogP contribution in [0.3, 0.4) is 0 Å². The van der Waals surface area contributed by atoms with Crippen molar-refractivity contribution < 1.29 is 17.9 Å². The molecule has 0 aliphatic rings. The van der Waals surface area contributed by atoms with Crippen LogP contribution in [0.15, 0.2) is 24.3 Å². The molecule has 0 saturated heterocycles. The van der Waals surface area contributed by atoms with Gasteiger partial charge in [0.05, 0.1) is 4.92 Å². The maximum atomic E-state index is 11.7. The van der Waals surface area contributed by atoms with Crippen molar-refractivity contribution in [1.29, 1.82) is 0 Å². The third-order valence-electron chi connectivity index (χ3n) is 1.27. The Morgan fingerprint density at radius 2 is 2.07 bits per heavy atom. The van der Waals surface area contributed by atoms with Crippen LogP contribution >= 0.6 is 12.0 Å². The van der Waals surface area contributed by atoms with Crippen molar-refractivity contribution in [3.63, 3.8) is 0 Å². The van der Waals surface area contributed by atoms with Crippen LogP contribution in [0.5, 0.6) is 5.75 Å². The summed E-state index contributed by atoms with van der Waals surface area (Å²) in [6, 6.07) is 5.33. The molecule has 1 aromatic rings. The van der Waals surface area contributed by atoms with Crippen molar-refractivity contribution in [1.82, 2.24) is 0 Å². The average Bonchev–Trinajstić information content (AvgIpc) is 2.15. The molecule has 7 heteroatoms. The minimum atomic E-state index is -2.73. The first-order valence-corrected chi connectivity index (χ1v) is 4.26. The molecule has 4 nitrogen and oxygen atoms in total. The van der Waals surface area contributed by atoms with Gasteiger partial charge < -0.3 is 4.18 Å². The van der Waals surface area contributed by atoms with Crippen molar-refractivity contribution in [2.45, 2.75) is 5.76 Å². The number of hydrogen-bond donors (Lipinski definition) is 0. The monoisotopic (exact) mass is 221 g/mol. The van der Waals surface area contributed by atoms with E-state index in [1.165, 1.54) is 24.3 Å². The summed E-state index contributed by atoms with van der Waals surface area (Å²) in [7, 11) is 0. The molecule has 0 heterocycles. The number of para-hydroxylation sites is 2. The van der Waals surface area contributed by atoms with E-state index < -0.39 is 10.7 Å². The van der Waals surface area contributed by atoms with E-state index in [-0.39, 0.29) is 23.5 Å². The van der Waals surface area contributed by atoms with Gasteiger partial charge in [-0.2, -0.15) is 8.78 Å². The van der Waals surface area contributed by atoms with E-state index in [1.54, 1.807) is 0 Å². The van der Waals surface area contributed by atoms with Gasteiger partial charge in [-0.1, -0.05) is 12.1 Å². The fourth-order valence-electron chi connectivity index (χ4n) is 0.767. The molecule has 0 aliphatic heterocycles. The zero-order chi connectivity index (χ0) is 10.6. The summed E-state index contributed by atoms with van der Waals surface area (Å²) in [6.07, 6.45) is 0. The molecule has 0 unspecified atom stereocenters. The average molecular weight is 221 g/mol. The van der Waals surface area contributed by atoms with Gasteiger partial charge in [0.15, 0.2) is 0 Å². The van der Waals surface area contributed by atoms with E-state index in [1.807, 2.05) is 0 Å². The lowest BCUT2D eigenvalue weighted by Crippen LogP contribution is -1.94. The number of benzene rings is 1. The first-order chi connectivity index (χ1) is 6.61. The van der Waals surface area contributed by atoms with E-state index in [2.05, 4.69) is 4.18 Å². The SMILES string of the molecule is O=[N+]([O-])c1ccccc1OSC(F)F. The highest BCUT2D eigenvalue weighted by atomic mass is 32.2. The Morgan fingerprint density at radius 1 is 1.43 bits per heavy atom. The van der Waals surface area contributed by atoms with Gasteiger partial charge in [0, 0.05) is 6.07 Å². The molecule has 0 saturated carbocycles. The van der Waals surface area contributed by atoms with Gasteiger partial charge in [0.1, 0.15) is 12.0 Å². The van der Waals surface area contributed by atoms with Crippen molar-refractivity contribution in [3.05, 3.63) is 34.4 Å². The number of nitro benzene ring substituents is 1. The number of hydrogen-bond acceptors (Lipinski definition) is 4. The number of rotatable bonds is 4. The van der Waals surface area contributed by atoms with Gasteiger partial charge in [0.2, 0.25) is 5.75 Å². The molecule has 0 aliphatic carbocycles. The van der Waals surface area contributed by atoms with Crippen LogP contribution in [-0.2, 0) is 0 Å². The van der Waals surface area contributed by atoms with Crippen LogP contribution in [0.25, 0.3) is 0 Å². The molecule has 1 aromatic carbocycles. The second kappa shape index (κ2) is 4.75. The summed E-state index contributed by atoms with van der Waals surface area (Å²) < 4.78 is 27.9. The molecule has 76 valence electrons. The van der Waals surface area contributed by atoms with Gasteiger partial charge in [-0.3, -0.25) is 10.1 Å². The Bertz CT molecular complexity index is 334. The maximum absolute atomic E-state index is 11.7. The molecule has 0 spiro atoms. The highest BCUT2D eigenvalue weighted by molar-refractivity contribution is 7.95. The summed E-state index contributed by atoms with van der Waals surface area (Å²) in [5.74, 6) is -2.90. The van der Waals surface area contributed by atoms with Crippen LogP contribution in [0, 0.1) is 10.1 Å². The smallest absolute Gasteiger partial charge is 0.319 e. The predicted molar refractivity (Wildman–Crippen MR) is 47.3 cm³/mol. The number of nitrogens with zero attached hydrogens (tertiary/aromatic N) is 1. The Hall–Kier alpha value is -1.37. The van der Waals surface area contributed by atoms with E-state index in [9.17, 15) is 18.9 Å². The number of halogens is 2. The topological polar surface area (TPSA) is 52.4 Å². The maximum Gasteiger partial charge on any atom is 0.319 e. The molecule has 14 heavy (non-hydrogen) atoms. The highest BCUT2D eigenvalue weighted by Crippen LogP contribution is 2.30. The molecule has 0 N–H and O–H groups in total. The zero-order valence-electron chi connectivity index (χ0n) is 6.72.